The first kappa shape index (κ1) is 14.7. The van der Waals surface area contributed by atoms with Gasteiger partial charge in [-0.15, -0.1) is 0 Å². The van der Waals surface area contributed by atoms with Crippen LogP contribution in [0.1, 0.15) is 48.1 Å². The smallest absolute Gasteiger partial charge is 0.126 e. The Bertz CT molecular complexity index is 560. The Hall–Kier alpha value is -1.67. The van der Waals surface area contributed by atoms with Crippen molar-refractivity contribution in [2.24, 2.45) is 0 Å². The fourth-order valence-electron chi connectivity index (χ4n) is 2.28. The summed E-state index contributed by atoms with van der Waals surface area (Å²) in [4.78, 5) is 0. The molecule has 0 aliphatic heterocycles. The number of unbranched alkanes of at least 4 members (excludes halogenated alkanes) is 1. The van der Waals surface area contributed by atoms with Crippen molar-refractivity contribution in [1.82, 2.24) is 0 Å². The molecule has 0 spiro atoms. The van der Waals surface area contributed by atoms with Gasteiger partial charge in [-0.25, -0.2) is 4.39 Å². The average molecular weight is 272 g/mol. The molecule has 1 atom stereocenters. The summed E-state index contributed by atoms with van der Waals surface area (Å²) >= 11 is 0. The zero-order chi connectivity index (χ0) is 14.5. The molecule has 2 heteroatoms. The van der Waals surface area contributed by atoms with E-state index in [0.717, 1.165) is 17.5 Å². The van der Waals surface area contributed by atoms with Crippen LogP contribution in [0.2, 0.25) is 0 Å². The molecule has 0 aliphatic rings. The van der Waals surface area contributed by atoms with E-state index in [0.29, 0.717) is 5.56 Å². The Morgan fingerprint density at radius 3 is 2.30 bits per heavy atom. The zero-order valence-corrected chi connectivity index (χ0v) is 12.1. The Balaban J connectivity index is 2.15. The highest BCUT2D eigenvalue weighted by atomic mass is 19.1. The molecule has 2 aromatic rings. The first-order valence-electron chi connectivity index (χ1n) is 7.14. The molecule has 1 unspecified atom stereocenters. The van der Waals surface area contributed by atoms with Gasteiger partial charge in [0.1, 0.15) is 11.9 Å². The van der Waals surface area contributed by atoms with Gasteiger partial charge in [-0.3, -0.25) is 0 Å². The summed E-state index contributed by atoms with van der Waals surface area (Å²) in [6, 6.07) is 12.8. The minimum Gasteiger partial charge on any atom is -0.384 e. The summed E-state index contributed by atoms with van der Waals surface area (Å²) in [6.45, 7) is 3.88. The van der Waals surface area contributed by atoms with Crippen molar-refractivity contribution in [2.75, 3.05) is 0 Å². The Morgan fingerprint density at radius 2 is 1.70 bits per heavy atom. The number of halogens is 1. The van der Waals surface area contributed by atoms with Crippen LogP contribution in [-0.4, -0.2) is 5.11 Å². The third-order valence-electron chi connectivity index (χ3n) is 3.61. The molecule has 2 rings (SSSR count). The average Bonchev–Trinajstić information content (AvgIpc) is 2.48. The molecular formula is C18H21FO. The molecule has 0 saturated carbocycles. The van der Waals surface area contributed by atoms with Crippen molar-refractivity contribution in [3.8, 4) is 0 Å². The van der Waals surface area contributed by atoms with E-state index in [1.54, 1.807) is 19.1 Å². The summed E-state index contributed by atoms with van der Waals surface area (Å²) < 4.78 is 13.3. The molecule has 20 heavy (non-hydrogen) atoms. The van der Waals surface area contributed by atoms with Gasteiger partial charge in [-0.05, 0) is 48.1 Å². The molecular weight excluding hydrogens is 251 g/mol. The van der Waals surface area contributed by atoms with E-state index in [9.17, 15) is 9.50 Å². The van der Waals surface area contributed by atoms with Crippen LogP contribution in [0.3, 0.4) is 0 Å². The van der Waals surface area contributed by atoms with Gasteiger partial charge in [0.05, 0.1) is 0 Å². The number of aliphatic hydroxyl groups excluding tert-OH is 1. The summed E-state index contributed by atoms with van der Waals surface area (Å²) in [5, 5.41) is 10.4. The van der Waals surface area contributed by atoms with Crippen LogP contribution in [-0.2, 0) is 6.42 Å². The summed E-state index contributed by atoms with van der Waals surface area (Å²) in [6.07, 6.45) is 2.73. The standard InChI is InChI=1S/C18H21FO/c1-3-4-5-14-6-8-15(9-7-14)18(20)16-10-11-17(19)13(2)12-16/h6-12,18,20H,3-5H2,1-2H3. The third-order valence-corrected chi connectivity index (χ3v) is 3.61. The highest BCUT2D eigenvalue weighted by Crippen LogP contribution is 2.24. The predicted octanol–water partition coefficient (Wildman–Crippen LogP) is 4.56. The summed E-state index contributed by atoms with van der Waals surface area (Å²) in [5.74, 6) is -0.240. The van der Waals surface area contributed by atoms with Crippen molar-refractivity contribution in [2.45, 2.75) is 39.2 Å². The van der Waals surface area contributed by atoms with E-state index in [1.807, 2.05) is 12.1 Å². The molecule has 0 amide bonds. The molecule has 0 heterocycles. The minimum absolute atomic E-state index is 0.240. The van der Waals surface area contributed by atoms with Crippen molar-refractivity contribution in [1.29, 1.82) is 0 Å². The molecule has 2 aromatic carbocycles. The van der Waals surface area contributed by atoms with Crippen molar-refractivity contribution in [3.63, 3.8) is 0 Å². The van der Waals surface area contributed by atoms with E-state index in [2.05, 4.69) is 19.1 Å². The minimum atomic E-state index is -0.700. The highest BCUT2D eigenvalue weighted by Gasteiger charge is 2.11. The van der Waals surface area contributed by atoms with Crippen molar-refractivity contribution < 1.29 is 9.50 Å². The SMILES string of the molecule is CCCCc1ccc(C(O)c2ccc(F)c(C)c2)cc1. The fourth-order valence-corrected chi connectivity index (χ4v) is 2.28. The summed E-state index contributed by atoms with van der Waals surface area (Å²) in [7, 11) is 0. The zero-order valence-electron chi connectivity index (χ0n) is 12.1. The second-order valence-corrected chi connectivity index (χ2v) is 5.26. The number of aryl methyl sites for hydroxylation is 2. The topological polar surface area (TPSA) is 20.2 Å². The maximum Gasteiger partial charge on any atom is 0.126 e. The van der Waals surface area contributed by atoms with Gasteiger partial charge in [0.2, 0.25) is 0 Å². The van der Waals surface area contributed by atoms with E-state index in [4.69, 9.17) is 0 Å². The second kappa shape index (κ2) is 6.67. The Morgan fingerprint density at radius 1 is 1.05 bits per heavy atom. The van der Waals surface area contributed by atoms with Crippen LogP contribution in [0.25, 0.3) is 0 Å². The largest absolute Gasteiger partial charge is 0.384 e. The number of benzene rings is 2. The molecule has 0 saturated heterocycles. The van der Waals surface area contributed by atoms with Crippen LogP contribution in [0.5, 0.6) is 0 Å². The van der Waals surface area contributed by atoms with Crippen LogP contribution in [0.4, 0.5) is 4.39 Å². The van der Waals surface area contributed by atoms with Crippen molar-refractivity contribution >= 4 is 0 Å². The third kappa shape index (κ3) is 3.45. The molecule has 1 nitrogen and oxygen atoms in total. The van der Waals surface area contributed by atoms with Crippen LogP contribution in [0, 0.1) is 12.7 Å². The van der Waals surface area contributed by atoms with E-state index in [1.165, 1.54) is 24.5 Å². The van der Waals surface area contributed by atoms with Gasteiger partial charge >= 0.3 is 0 Å². The summed E-state index contributed by atoms with van der Waals surface area (Å²) in [5.41, 5.74) is 3.42. The molecule has 1 N–H and O–H groups in total. The lowest BCUT2D eigenvalue weighted by atomic mass is 9.98. The van der Waals surface area contributed by atoms with Crippen LogP contribution in [0.15, 0.2) is 42.5 Å². The molecule has 0 fully saturated rings. The lowest BCUT2D eigenvalue weighted by Gasteiger charge is -2.13. The number of hydrogen-bond acceptors (Lipinski definition) is 1. The molecule has 106 valence electrons. The second-order valence-electron chi connectivity index (χ2n) is 5.26. The Labute approximate surface area is 120 Å². The molecule has 0 radical (unpaired) electrons. The van der Waals surface area contributed by atoms with Gasteiger partial charge in [-0.2, -0.15) is 0 Å². The molecule has 0 aliphatic carbocycles. The molecule has 0 bridgehead atoms. The van der Waals surface area contributed by atoms with E-state index < -0.39 is 6.10 Å². The van der Waals surface area contributed by atoms with Crippen LogP contribution >= 0.6 is 0 Å². The van der Waals surface area contributed by atoms with Gasteiger partial charge in [-0.1, -0.05) is 49.7 Å². The van der Waals surface area contributed by atoms with Gasteiger partial charge < -0.3 is 5.11 Å². The highest BCUT2D eigenvalue weighted by molar-refractivity contribution is 5.34. The van der Waals surface area contributed by atoms with Gasteiger partial charge in [0.15, 0.2) is 0 Å². The predicted molar refractivity (Wildman–Crippen MR) is 80.3 cm³/mol. The lowest BCUT2D eigenvalue weighted by molar-refractivity contribution is 0.220. The van der Waals surface area contributed by atoms with E-state index >= 15 is 0 Å². The first-order chi connectivity index (χ1) is 9.61. The van der Waals surface area contributed by atoms with E-state index in [-0.39, 0.29) is 5.82 Å². The Kier molecular flexibility index (Phi) is 4.91. The quantitative estimate of drug-likeness (QED) is 0.846. The maximum absolute atomic E-state index is 13.3. The number of hydrogen-bond donors (Lipinski definition) is 1. The van der Waals surface area contributed by atoms with Crippen LogP contribution < -0.4 is 0 Å². The number of aliphatic hydroxyl groups is 1. The number of rotatable bonds is 5. The maximum atomic E-state index is 13.3. The fraction of sp³-hybridized carbons (Fsp3) is 0.333. The van der Waals surface area contributed by atoms with Gasteiger partial charge in [0.25, 0.3) is 0 Å². The van der Waals surface area contributed by atoms with Gasteiger partial charge in [0, 0.05) is 0 Å². The first-order valence-corrected chi connectivity index (χ1v) is 7.14. The molecule has 0 aromatic heterocycles. The monoisotopic (exact) mass is 272 g/mol. The normalized spacial score (nSPS) is 12.4. The van der Waals surface area contributed by atoms with Crippen molar-refractivity contribution in [3.05, 3.63) is 70.5 Å². The lowest BCUT2D eigenvalue weighted by Crippen LogP contribution is -2.01.